The summed E-state index contributed by atoms with van der Waals surface area (Å²) in [5, 5.41) is 17.5. The molecule has 0 spiro atoms. The first-order chi connectivity index (χ1) is 23.8. The van der Waals surface area contributed by atoms with Gasteiger partial charge in [0.05, 0.1) is 24.9 Å². The molecule has 3 unspecified atom stereocenters. The number of aromatic nitrogens is 6. The molecule has 0 amide bonds. The average Bonchev–Trinajstić information content (AvgIpc) is 3.88. The third kappa shape index (κ3) is 6.81. The number of halogens is 2. The number of benzene rings is 3. The Bertz CT molecular complexity index is 1990. The van der Waals surface area contributed by atoms with Crippen LogP contribution in [0.5, 0.6) is 0 Å². The van der Waals surface area contributed by atoms with Gasteiger partial charge in [-0.15, -0.1) is 0 Å². The van der Waals surface area contributed by atoms with E-state index >= 15 is 0 Å². The summed E-state index contributed by atoms with van der Waals surface area (Å²) in [6, 6.07) is 21.5. The van der Waals surface area contributed by atoms with Gasteiger partial charge in [-0.3, -0.25) is 0 Å². The molecule has 3 aromatic carbocycles. The molecule has 14 heteroatoms. The maximum absolute atomic E-state index is 15.0. The van der Waals surface area contributed by atoms with Gasteiger partial charge in [-0.25, -0.2) is 27.8 Å². The molecule has 49 heavy (non-hydrogen) atoms. The first-order valence-corrected chi connectivity index (χ1v) is 17.2. The van der Waals surface area contributed by atoms with Gasteiger partial charge >= 0.3 is 5.69 Å². The number of anilines is 2. The minimum absolute atomic E-state index is 0.126. The predicted molar refractivity (Wildman–Crippen MR) is 183 cm³/mol. The van der Waals surface area contributed by atoms with Crippen molar-refractivity contribution in [2.24, 2.45) is 0 Å². The van der Waals surface area contributed by atoms with Crippen molar-refractivity contribution in [2.75, 3.05) is 42.6 Å². The van der Waals surface area contributed by atoms with Crippen LogP contribution in [0.3, 0.4) is 0 Å². The fourth-order valence-electron chi connectivity index (χ4n) is 6.54. The molecule has 0 N–H and O–H groups in total. The lowest BCUT2D eigenvalue weighted by molar-refractivity contribution is -0.0197. The number of nitrogens with zero attached hydrogens (tertiary/aromatic N) is 9. The molecule has 4 heterocycles. The molecule has 2 fully saturated rings. The minimum Gasteiger partial charge on any atom is -0.368 e. The topological polar surface area (TPSA) is 110 Å². The van der Waals surface area contributed by atoms with Crippen molar-refractivity contribution in [2.45, 2.75) is 42.5 Å². The van der Waals surface area contributed by atoms with Gasteiger partial charge in [-0.2, -0.15) is 31.9 Å². The van der Waals surface area contributed by atoms with Crippen LogP contribution in [0.2, 0.25) is 0 Å². The summed E-state index contributed by atoms with van der Waals surface area (Å²) in [5.41, 5.74) is 3.20. The Labute approximate surface area is 286 Å². The molecule has 0 aliphatic carbocycles. The molecule has 2 aromatic heterocycles. The van der Waals surface area contributed by atoms with E-state index in [1.807, 2.05) is 30.3 Å². The Hall–Kier alpha value is -5.00. The summed E-state index contributed by atoms with van der Waals surface area (Å²) in [4.78, 5) is 21.4. The van der Waals surface area contributed by atoms with Crippen LogP contribution >= 0.6 is 11.8 Å². The minimum atomic E-state index is -0.960. The number of nitriles is 1. The normalized spacial score (nSPS) is 20.0. The van der Waals surface area contributed by atoms with Crippen LogP contribution in [-0.4, -0.2) is 67.1 Å². The fourth-order valence-corrected chi connectivity index (χ4v) is 7.71. The Morgan fingerprint density at radius 1 is 0.959 bits per heavy atom. The summed E-state index contributed by atoms with van der Waals surface area (Å²) in [6.45, 7) is 5.85. The molecule has 7 rings (SSSR count). The van der Waals surface area contributed by atoms with E-state index in [0.717, 1.165) is 43.7 Å². The summed E-state index contributed by atoms with van der Waals surface area (Å²) in [5.74, 6) is -0.454. The van der Waals surface area contributed by atoms with E-state index < -0.39 is 23.3 Å². The fraction of sp³-hybridized carbons (Fsp3) is 0.343. The lowest BCUT2D eigenvalue weighted by atomic mass is 9.90. The highest BCUT2D eigenvalue weighted by molar-refractivity contribution is 7.99. The molecule has 0 saturated carbocycles. The van der Waals surface area contributed by atoms with Crippen LogP contribution in [0.4, 0.5) is 20.2 Å². The number of hydrogen-bond acceptors (Lipinski definition) is 9. The zero-order valence-corrected chi connectivity index (χ0v) is 27.7. The second-order valence-corrected chi connectivity index (χ2v) is 13.6. The van der Waals surface area contributed by atoms with E-state index in [0.29, 0.717) is 24.3 Å². The summed E-state index contributed by atoms with van der Waals surface area (Å²) >= 11 is 1.78. The van der Waals surface area contributed by atoms with Crippen molar-refractivity contribution in [1.82, 2.24) is 29.1 Å². The van der Waals surface area contributed by atoms with Gasteiger partial charge in [-0.05, 0) is 61.4 Å². The largest absolute Gasteiger partial charge is 0.368 e. The maximum atomic E-state index is 15.0. The zero-order chi connectivity index (χ0) is 34.0. The molecule has 5 aromatic rings. The maximum Gasteiger partial charge on any atom is 0.351 e. The highest BCUT2D eigenvalue weighted by Gasteiger charge is 2.44. The average molecular weight is 684 g/mol. The summed E-state index contributed by atoms with van der Waals surface area (Å²) in [6.07, 6.45) is 5.02. The number of piperazine rings is 1. The van der Waals surface area contributed by atoms with E-state index in [4.69, 9.17) is 10.00 Å². The predicted octanol–water partition coefficient (Wildman–Crippen LogP) is 4.93. The van der Waals surface area contributed by atoms with Gasteiger partial charge in [0.2, 0.25) is 0 Å². The van der Waals surface area contributed by atoms with E-state index in [1.54, 1.807) is 29.7 Å². The van der Waals surface area contributed by atoms with Gasteiger partial charge in [0.15, 0.2) is 0 Å². The Morgan fingerprint density at radius 2 is 1.63 bits per heavy atom. The summed E-state index contributed by atoms with van der Waals surface area (Å²) in [7, 11) is 0. The van der Waals surface area contributed by atoms with E-state index in [9.17, 15) is 13.6 Å². The van der Waals surface area contributed by atoms with Crippen molar-refractivity contribution in [3.8, 4) is 11.8 Å². The molecule has 252 valence electrons. The number of hydrogen-bond donors (Lipinski definition) is 0. The quantitative estimate of drug-likeness (QED) is 0.202. The molecule has 0 bridgehead atoms. The number of ether oxygens (including phenoxy) is 1. The number of thioether (sulfide) groups is 1. The lowest BCUT2D eigenvalue weighted by Gasteiger charge is -2.37. The molecule has 11 nitrogen and oxygen atoms in total. The highest BCUT2D eigenvalue weighted by atomic mass is 32.2. The molecular formula is C35H35F2N9O2S. The van der Waals surface area contributed by atoms with Gasteiger partial charge in [0.25, 0.3) is 0 Å². The van der Waals surface area contributed by atoms with Crippen LogP contribution < -0.4 is 15.5 Å². The highest BCUT2D eigenvalue weighted by Crippen LogP contribution is 2.43. The second kappa shape index (κ2) is 13.9. The van der Waals surface area contributed by atoms with Crippen LogP contribution in [-0.2, 0) is 22.6 Å². The molecule has 2 aliphatic heterocycles. The van der Waals surface area contributed by atoms with Crippen molar-refractivity contribution in [3.05, 3.63) is 119 Å². The van der Waals surface area contributed by atoms with Crippen molar-refractivity contribution in [3.63, 3.8) is 0 Å². The lowest BCUT2D eigenvalue weighted by Crippen LogP contribution is -2.46. The van der Waals surface area contributed by atoms with Crippen molar-refractivity contribution >= 4 is 23.1 Å². The van der Waals surface area contributed by atoms with E-state index in [1.165, 1.54) is 45.3 Å². The van der Waals surface area contributed by atoms with Gasteiger partial charge in [0, 0.05) is 60.2 Å². The Balaban J connectivity index is 0.927. The van der Waals surface area contributed by atoms with Gasteiger partial charge in [-0.1, -0.05) is 18.2 Å². The third-order valence-electron chi connectivity index (χ3n) is 9.22. The van der Waals surface area contributed by atoms with E-state index in [-0.39, 0.29) is 17.5 Å². The molecule has 2 aliphatic rings. The molecular weight excluding hydrogens is 649 g/mol. The number of rotatable bonds is 10. The summed E-state index contributed by atoms with van der Waals surface area (Å²) < 4.78 is 39.2. The third-order valence-corrected chi connectivity index (χ3v) is 10.5. The van der Waals surface area contributed by atoms with Crippen molar-refractivity contribution < 1.29 is 13.5 Å². The SMILES string of the molecule is CC(C#N)n1ncn(-c2ccc(N3CCN(c4ccc(CSC5COC(Cn6cncn6)(c6ccc(F)cc6F)C5)cc4)CC3)cc2)c1=O. The van der Waals surface area contributed by atoms with E-state index in [2.05, 4.69) is 49.2 Å². The van der Waals surface area contributed by atoms with Crippen LogP contribution in [0.25, 0.3) is 5.69 Å². The second-order valence-electron chi connectivity index (χ2n) is 12.3. The smallest absolute Gasteiger partial charge is 0.351 e. The molecule has 2 saturated heterocycles. The van der Waals surface area contributed by atoms with Gasteiger partial charge < -0.3 is 14.5 Å². The first-order valence-electron chi connectivity index (χ1n) is 16.1. The Morgan fingerprint density at radius 3 is 2.27 bits per heavy atom. The standard InChI is InChI=1S/C35H35F2N9O2S/c1-25(18-38)46-34(47)45(24-41-46)30-9-7-29(8-10-30)43-14-12-42(13-15-43)28-5-2-26(3-6-28)20-49-31-17-35(48-19-31,21-44-23-39-22-40-44)32-11-4-27(36)16-33(32)37/h2-11,16,22-25,31H,12-15,17,19-21H2,1H3. The van der Waals surface area contributed by atoms with Crippen LogP contribution in [0.15, 0.2) is 90.5 Å². The first kappa shape index (κ1) is 32.5. The van der Waals surface area contributed by atoms with Gasteiger partial charge in [0.1, 0.15) is 42.3 Å². The van der Waals surface area contributed by atoms with Crippen LogP contribution in [0, 0.1) is 23.0 Å². The monoisotopic (exact) mass is 683 g/mol. The zero-order valence-electron chi connectivity index (χ0n) is 26.9. The molecule has 3 atom stereocenters. The van der Waals surface area contributed by atoms with Crippen LogP contribution in [0.1, 0.15) is 30.5 Å². The molecule has 0 radical (unpaired) electrons. The van der Waals surface area contributed by atoms with Crippen molar-refractivity contribution in [1.29, 1.82) is 5.26 Å². The Kier molecular flexibility index (Phi) is 9.20.